The molecule has 0 aromatic heterocycles. The summed E-state index contributed by atoms with van der Waals surface area (Å²) in [5, 5.41) is 0. The van der Waals surface area contributed by atoms with Crippen LogP contribution in [-0.4, -0.2) is 0 Å². The van der Waals surface area contributed by atoms with Gasteiger partial charge in [0.1, 0.15) is 0 Å². The molecule has 0 fully saturated rings. The average Bonchev–Trinajstić information content (AvgIpc) is 2.04. The van der Waals surface area contributed by atoms with Crippen molar-refractivity contribution in [3.63, 3.8) is 0 Å². The van der Waals surface area contributed by atoms with E-state index in [4.69, 9.17) is 0 Å². The van der Waals surface area contributed by atoms with E-state index in [2.05, 4.69) is 39.0 Å². The molecule has 0 nitrogen and oxygen atoms in total. The Morgan fingerprint density at radius 1 is 1.31 bits per heavy atom. The molecule has 13 heavy (non-hydrogen) atoms. The van der Waals surface area contributed by atoms with Crippen molar-refractivity contribution in [2.45, 2.75) is 52.9 Å². The molecule has 0 heteroatoms. The van der Waals surface area contributed by atoms with E-state index in [1.54, 1.807) is 5.57 Å². The zero-order valence-corrected chi connectivity index (χ0v) is 9.27. The van der Waals surface area contributed by atoms with Crippen LogP contribution < -0.4 is 0 Å². The number of hydrogen-bond acceptors (Lipinski definition) is 0. The van der Waals surface area contributed by atoms with E-state index in [-0.39, 0.29) is 0 Å². The first kappa shape index (κ1) is 10.6. The summed E-state index contributed by atoms with van der Waals surface area (Å²) >= 11 is 0. The number of rotatable bonds is 4. The van der Waals surface area contributed by atoms with E-state index < -0.39 is 0 Å². The van der Waals surface area contributed by atoms with Crippen LogP contribution in [0.5, 0.6) is 0 Å². The fraction of sp³-hybridized carbons (Fsp3) is 0.692. The van der Waals surface area contributed by atoms with E-state index in [0.29, 0.717) is 5.41 Å². The molecule has 1 aliphatic carbocycles. The van der Waals surface area contributed by atoms with Crippen LogP contribution >= 0.6 is 0 Å². The van der Waals surface area contributed by atoms with Crippen LogP contribution in [0.4, 0.5) is 0 Å². The first-order valence-corrected chi connectivity index (χ1v) is 5.57. The summed E-state index contributed by atoms with van der Waals surface area (Å²) in [6.07, 6.45) is 13.4. The molecular formula is C13H22. The third-order valence-electron chi connectivity index (χ3n) is 2.85. The van der Waals surface area contributed by atoms with Gasteiger partial charge in [-0.3, -0.25) is 0 Å². The Balaban J connectivity index is 2.57. The molecule has 0 amide bonds. The van der Waals surface area contributed by atoms with Crippen molar-refractivity contribution in [2.24, 2.45) is 5.41 Å². The minimum Gasteiger partial charge on any atom is -0.0783 e. The van der Waals surface area contributed by atoms with Crippen LogP contribution in [0, 0.1) is 5.41 Å². The molecule has 0 unspecified atom stereocenters. The maximum absolute atomic E-state index is 2.38. The molecule has 0 aromatic carbocycles. The second-order valence-electron chi connectivity index (χ2n) is 4.51. The number of hydrogen-bond donors (Lipinski definition) is 0. The van der Waals surface area contributed by atoms with Crippen LogP contribution in [0.2, 0.25) is 0 Å². The van der Waals surface area contributed by atoms with Crippen molar-refractivity contribution < 1.29 is 0 Å². The van der Waals surface area contributed by atoms with Crippen LogP contribution in [0.15, 0.2) is 23.8 Å². The van der Waals surface area contributed by atoms with E-state index in [9.17, 15) is 0 Å². The topological polar surface area (TPSA) is 0 Å². The van der Waals surface area contributed by atoms with Crippen LogP contribution in [-0.2, 0) is 0 Å². The highest BCUT2D eigenvalue weighted by Crippen LogP contribution is 2.36. The Labute approximate surface area is 82.7 Å². The molecule has 0 N–H and O–H groups in total. The van der Waals surface area contributed by atoms with Gasteiger partial charge in [-0.15, -0.1) is 0 Å². The Morgan fingerprint density at radius 2 is 2.08 bits per heavy atom. The lowest BCUT2D eigenvalue weighted by Gasteiger charge is -2.29. The molecule has 0 bridgehead atoms. The van der Waals surface area contributed by atoms with E-state index in [1.807, 2.05) is 0 Å². The summed E-state index contributed by atoms with van der Waals surface area (Å²) in [5.74, 6) is 0. The van der Waals surface area contributed by atoms with Crippen molar-refractivity contribution in [2.75, 3.05) is 0 Å². The van der Waals surface area contributed by atoms with Gasteiger partial charge in [0.2, 0.25) is 0 Å². The van der Waals surface area contributed by atoms with Gasteiger partial charge in [-0.1, -0.05) is 57.4 Å². The van der Waals surface area contributed by atoms with Gasteiger partial charge in [0.05, 0.1) is 0 Å². The molecule has 0 aliphatic heterocycles. The normalized spacial score (nSPS) is 27.5. The van der Waals surface area contributed by atoms with Crippen molar-refractivity contribution in [3.8, 4) is 0 Å². The Bertz CT molecular complexity index is 210. The molecule has 0 spiro atoms. The van der Waals surface area contributed by atoms with Gasteiger partial charge in [0.25, 0.3) is 0 Å². The van der Waals surface area contributed by atoms with E-state index >= 15 is 0 Å². The summed E-state index contributed by atoms with van der Waals surface area (Å²) in [7, 11) is 0. The summed E-state index contributed by atoms with van der Waals surface area (Å²) in [6, 6.07) is 0. The summed E-state index contributed by atoms with van der Waals surface area (Å²) in [5.41, 5.74) is 2.09. The highest BCUT2D eigenvalue weighted by molar-refractivity contribution is 5.23. The SMILES string of the molecule is CCCC1=CC=C[C@](C)(CCC)C1. The summed E-state index contributed by atoms with van der Waals surface area (Å²) in [6.45, 7) is 6.92. The third-order valence-corrected chi connectivity index (χ3v) is 2.85. The van der Waals surface area contributed by atoms with Gasteiger partial charge in [0, 0.05) is 0 Å². The summed E-state index contributed by atoms with van der Waals surface area (Å²) in [4.78, 5) is 0. The van der Waals surface area contributed by atoms with Gasteiger partial charge in [-0.25, -0.2) is 0 Å². The zero-order chi connectivity index (χ0) is 9.73. The Morgan fingerprint density at radius 3 is 2.69 bits per heavy atom. The third kappa shape index (κ3) is 3.02. The van der Waals surface area contributed by atoms with Crippen molar-refractivity contribution in [1.82, 2.24) is 0 Å². The van der Waals surface area contributed by atoms with Crippen molar-refractivity contribution in [1.29, 1.82) is 0 Å². The minimum atomic E-state index is 0.452. The predicted molar refractivity (Wildman–Crippen MR) is 59.8 cm³/mol. The molecule has 1 atom stereocenters. The van der Waals surface area contributed by atoms with Crippen LogP contribution in [0.3, 0.4) is 0 Å². The Hall–Kier alpha value is -0.520. The molecule has 1 rings (SSSR count). The van der Waals surface area contributed by atoms with Gasteiger partial charge < -0.3 is 0 Å². The van der Waals surface area contributed by atoms with Crippen molar-refractivity contribution >= 4 is 0 Å². The first-order valence-electron chi connectivity index (χ1n) is 5.57. The van der Waals surface area contributed by atoms with Gasteiger partial charge in [-0.05, 0) is 24.7 Å². The maximum Gasteiger partial charge on any atom is -0.0106 e. The first-order chi connectivity index (χ1) is 6.20. The molecule has 0 saturated heterocycles. The molecule has 1 aliphatic rings. The monoisotopic (exact) mass is 178 g/mol. The largest absolute Gasteiger partial charge is 0.0783 e. The number of allylic oxidation sites excluding steroid dienone is 4. The predicted octanol–water partition coefficient (Wildman–Crippen LogP) is 4.48. The molecule has 0 radical (unpaired) electrons. The Kier molecular flexibility index (Phi) is 3.77. The lowest BCUT2D eigenvalue weighted by molar-refractivity contribution is 0.374. The molecular weight excluding hydrogens is 156 g/mol. The molecule has 0 saturated carbocycles. The zero-order valence-electron chi connectivity index (χ0n) is 9.27. The highest BCUT2D eigenvalue weighted by Gasteiger charge is 2.22. The quantitative estimate of drug-likeness (QED) is 0.595. The molecule has 74 valence electrons. The maximum atomic E-state index is 2.38. The second-order valence-corrected chi connectivity index (χ2v) is 4.51. The fourth-order valence-corrected chi connectivity index (χ4v) is 2.29. The fourth-order valence-electron chi connectivity index (χ4n) is 2.29. The summed E-state index contributed by atoms with van der Waals surface area (Å²) < 4.78 is 0. The lowest BCUT2D eigenvalue weighted by Crippen LogP contribution is -2.16. The smallest absolute Gasteiger partial charge is 0.0106 e. The standard InChI is InChI=1S/C13H22/c1-4-7-12-8-6-10-13(3,11-12)9-5-2/h6,8,10H,4-5,7,9,11H2,1-3H3/t13-/m0/s1. The van der Waals surface area contributed by atoms with Crippen LogP contribution in [0.25, 0.3) is 0 Å². The highest BCUT2D eigenvalue weighted by atomic mass is 14.3. The lowest BCUT2D eigenvalue weighted by atomic mass is 9.76. The second kappa shape index (κ2) is 4.64. The van der Waals surface area contributed by atoms with Gasteiger partial charge >= 0.3 is 0 Å². The molecule has 0 heterocycles. The van der Waals surface area contributed by atoms with E-state index in [1.165, 1.54) is 32.1 Å². The van der Waals surface area contributed by atoms with Gasteiger partial charge in [0.15, 0.2) is 0 Å². The van der Waals surface area contributed by atoms with E-state index in [0.717, 1.165) is 0 Å². The van der Waals surface area contributed by atoms with Gasteiger partial charge in [-0.2, -0.15) is 0 Å². The minimum absolute atomic E-state index is 0.452. The molecule has 0 aromatic rings. The van der Waals surface area contributed by atoms with Crippen molar-refractivity contribution in [3.05, 3.63) is 23.8 Å². The van der Waals surface area contributed by atoms with Crippen LogP contribution in [0.1, 0.15) is 52.9 Å². The average molecular weight is 178 g/mol.